The maximum atomic E-state index is 13.7. The van der Waals surface area contributed by atoms with E-state index in [1.807, 2.05) is 20.8 Å². The number of fused-ring (bicyclic) bond motifs is 4. The first-order valence-corrected chi connectivity index (χ1v) is 13.1. The lowest BCUT2D eigenvalue weighted by Gasteiger charge is -2.57. The van der Waals surface area contributed by atoms with Gasteiger partial charge in [0, 0.05) is 48.0 Å². The standard InChI is InChI=1S/C28H40O7/c1-13(8-15(29)9-14(2)26(34)35)16-10-18(30)23-17(16)11-20(32)25-24(23)19(31)12-21-27(3,4)22(33)6-7-28(21,25)5/h13-14,16-19,21,23,30-31H,6-12H2,1-5H3,(H,34,35)/t13-,14-,16-,17-,18+,19+,21+,23+,28+/m1/s1. The fourth-order valence-corrected chi connectivity index (χ4v) is 8.29. The van der Waals surface area contributed by atoms with Crippen LogP contribution < -0.4 is 0 Å². The average Bonchev–Trinajstić information content (AvgIpc) is 3.08. The number of aliphatic carboxylic acids is 1. The molecule has 0 spiro atoms. The molecule has 0 aromatic heterocycles. The number of carboxylic acids is 1. The summed E-state index contributed by atoms with van der Waals surface area (Å²) in [6.07, 6.45) is 0.759. The van der Waals surface area contributed by atoms with Crippen molar-refractivity contribution in [1.82, 2.24) is 0 Å². The zero-order valence-electron chi connectivity index (χ0n) is 21.5. The largest absolute Gasteiger partial charge is 0.481 e. The predicted molar refractivity (Wildman–Crippen MR) is 128 cm³/mol. The van der Waals surface area contributed by atoms with E-state index in [2.05, 4.69) is 6.92 Å². The Balaban J connectivity index is 1.63. The van der Waals surface area contributed by atoms with Gasteiger partial charge in [0.25, 0.3) is 0 Å². The zero-order valence-corrected chi connectivity index (χ0v) is 21.5. The number of ketones is 3. The third-order valence-electron chi connectivity index (χ3n) is 10.1. The number of hydrogen-bond acceptors (Lipinski definition) is 6. The van der Waals surface area contributed by atoms with Gasteiger partial charge in [0.15, 0.2) is 5.78 Å². The number of carbonyl (C=O) groups is 4. The van der Waals surface area contributed by atoms with Crippen LogP contribution in [0.25, 0.3) is 0 Å². The summed E-state index contributed by atoms with van der Waals surface area (Å²) in [6, 6.07) is 0. The Kier molecular flexibility index (Phi) is 6.67. The molecule has 0 aromatic carbocycles. The van der Waals surface area contributed by atoms with Gasteiger partial charge in [0.05, 0.1) is 18.1 Å². The Bertz CT molecular complexity index is 978. The van der Waals surface area contributed by atoms with E-state index in [1.54, 1.807) is 0 Å². The van der Waals surface area contributed by atoms with Gasteiger partial charge in [-0.2, -0.15) is 0 Å². The molecule has 4 aliphatic rings. The van der Waals surface area contributed by atoms with Crippen molar-refractivity contribution in [2.75, 3.05) is 0 Å². The zero-order chi connectivity index (χ0) is 26.0. The fraction of sp³-hybridized carbons (Fsp3) is 0.786. The molecular formula is C28H40O7. The molecule has 0 amide bonds. The second-order valence-corrected chi connectivity index (χ2v) is 12.6. The summed E-state index contributed by atoms with van der Waals surface area (Å²) in [5, 5.41) is 31.6. The van der Waals surface area contributed by atoms with E-state index in [-0.39, 0.29) is 66.2 Å². The van der Waals surface area contributed by atoms with E-state index in [0.717, 1.165) is 0 Å². The van der Waals surface area contributed by atoms with E-state index in [1.165, 1.54) is 6.92 Å². The van der Waals surface area contributed by atoms with Crippen LogP contribution in [-0.4, -0.2) is 50.8 Å². The van der Waals surface area contributed by atoms with E-state index in [0.29, 0.717) is 36.8 Å². The van der Waals surface area contributed by atoms with Crippen LogP contribution in [0, 0.1) is 46.3 Å². The van der Waals surface area contributed by atoms with Crippen molar-refractivity contribution in [2.45, 2.75) is 91.8 Å². The number of aliphatic hydroxyl groups excluding tert-OH is 2. The summed E-state index contributed by atoms with van der Waals surface area (Å²) in [5.41, 5.74) is 0.216. The number of carboxylic acid groups (broad SMARTS) is 1. The summed E-state index contributed by atoms with van der Waals surface area (Å²) < 4.78 is 0. The highest BCUT2D eigenvalue weighted by Gasteiger charge is 2.62. The minimum atomic E-state index is -0.995. The number of hydrogen-bond donors (Lipinski definition) is 3. The Morgan fingerprint density at radius 3 is 2.34 bits per heavy atom. The van der Waals surface area contributed by atoms with Crippen LogP contribution in [0.1, 0.15) is 79.6 Å². The Morgan fingerprint density at radius 2 is 1.71 bits per heavy atom. The smallest absolute Gasteiger partial charge is 0.306 e. The van der Waals surface area contributed by atoms with Gasteiger partial charge in [-0.3, -0.25) is 19.2 Å². The number of rotatable bonds is 6. The van der Waals surface area contributed by atoms with Gasteiger partial charge in [-0.15, -0.1) is 0 Å². The van der Waals surface area contributed by atoms with Crippen LogP contribution >= 0.6 is 0 Å². The molecule has 7 heteroatoms. The van der Waals surface area contributed by atoms with Gasteiger partial charge in [0.1, 0.15) is 11.6 Å². The van der Waals surface area contributed by atoms with Gasteiger partial charge in [-0.25, -0.2) is 0 Å². The fourth-order valence-electron chi connectivity index (χ4n) is 8.29. The second-order valence-electron chi connectivity index (χ2n) is 12.6. The lowest BCUT2D eigenvalue weighted by atomic mass is 9.46. The van der Waals surface area contributed by atoms with E-state index < -0.39 is 34.9 Å². The summed E-state index contributed by atoms with van der Waals surface area (Å²) in [5.74, 6) is -2.42. The lowest BCUT2D eigenvalue weighted by Crippen LogP contribution is -2.56. The third kappa shape index (κ3) is 4.12. The number of allylic oxidation sites excluding steroid dienone is 1. The molecule has 3 N–H and O–H groups in total. The second kappa shape index (κ2) is 8.91. The van der Waals surface area contributed by atoms with Crippen LogP contribution in [0.15, 0.2) is 11.1 Å². The summed E-state index contributed by atoms with van der Waals surface area (Å²) in [4.78, 5) is 50.1. The van der Waals surface area contributed by atoms with Gasteiger partial charge in [0.2, 0.25) is 0 Å². The number of carbonyl (C=O) groups excluding carboxylic acids is 3. The summed E-state index contributed by atoms with van der Waals surface area (Å²) in [6.45, 7) is 9.38. The van der Waals surface area contributed by atoms with Gasteiger partial charge < -0.3 is 15.3 Å². The highest BCUT2D eigenvalue weighted by molar-refractivity contribution is 6.00. The maximum absolute atomic E-state index is 13.7. The minimum absolute atomic E-state index is 0.00905. The highest BCUT2D eigenvalue weighted by atomic mass is 16.4. The van der Waals surface area contributed by atoms with Crippen molar-refractivity contribution in [3.63, 3.8) is 0 Å². The van der Waals surface area contributed by atoms with Crippen molar-refractivity contribution in [2.24, 2.45) is 46.3 Å². The van der Waals surface area contributed by atoms with Crippen molar-refractivity contribution >= 4 is 23.3 Å². The first-order chi connectivity index (χ1) is 16.2. The topological polar surface area (TPSA) is 129 Å². The van der Waals surface area contributed by atoms with E-state index >= 15 is 0 Å². The van der Waals surface area contributed by atoms with Gasteiger partial charge in [-0.05, 0) is 48.5 Å². The SMILES string of the molecule is C[C@H](CC(=O)C[C@@H](C)[C@H]1C[C@H](O)[C@H]2C3=C(C(=O)C[C@H]12)[C@@]1(C)CCC(=O)C(C)(C)[C@@H]1C[C@@H]3O)C(=O)O. The number of Topliss-reactive ketones (excluding diaryl/α,β-unsaturated/α-hetero) is 3. The molecule has 0 unspecified atom stereocenters. The van der Waals surface area contributed by atoms with Crippen molar-refractivity contribution in [3.05, 3.63) is 11.1 Å². The molecule has 4 rings (SSSR count). The number of aliphatic hydroxyl groups is 2. The predicted octanol–water partition coefficient (Wildman–Crippen LogP) is 3.35. The molecule has 0 bridgehead atoms. The molecule has 35 heavy (non-hydrogen) atoms. The Labute approximate surface area is 207 Å². The first kappa shape index (κ1) is 26.2. The maximum Gasteiger partial charge on any atom is 0.306 e. The molecular weight excluding hydrogens is 448 g/mol. The van der Waals surface area contributed by atoms with Gasteiger partial charge in [-0.1, -0.05) is 34.6 Å². The molecule has 0 aliphatic heterocycles. The summed E-state index contributed by atoms with van der Waals surface area (Å²) >= 11 is 0. The van der Waals surface area contributed by atoms with Crippen LogP contribution in [0.5, 0.6) is 0 Å². The van der Waals surface area contributed by atoms with Gasteiger partial charge >= 0.3 is 5.97 Å². The molecule has 4 aliphatic carbocycles. The molecule has 7 nitrogen and oxygen atoms in total. The quantitative estimate of drug-likeness (QED) is 0.523. The molecule has 194 valence electrons. The van der Waals surface area contributed by atoms with Crippen LogP contribution in [-0.2, 0) is 19.2 Å². The normalized spacial score (nSPS) is 40.0. The molecule has 0 radical (unpaired) electrons. The summed E-state index contributed by atoms with van der Waals surface area (Å²) in [7, 11) is 0. The Hall–Kier alpha value is -1.86. The van der Waals surface area contributed by atoms with Crippen molar-refractivity contribution < 1.29 is 34.5 Å². The lowest BCUT2D eigenvalue weighted by molar-refractivity contribution is -0.143. The van der Waals surface area contributed by atoms with E-state index in [9.17, 15) is 29.4 Å². The van der Waals surface area contributed by atoms with Crippen LogP contribution in [0.3, 0.4) is 0 Å². The molecule has 0 saturated heterocycles. The molecule has 0 heterocycles. The van der Waals surface area contributed by atoms with Crippen LogP contribution in [0.4, 0.5) is 0 Å². The molecule has 2 fully saturated rings. The van der Waals surface area contributed by atoms with Crippen LogP contribution in [0.2, 0.25) is 0 Å². The molecule has 2 saturated carbocycles. The Morgan fingerprint density at radius 1 is 1.06 bits per heavy atom. The van der Waals surface area contributed by atoms with E-state index in [4.69, 9.17) is 5.11 Å². The third-order valence-corrected chi connectivity index (χ3v) is 10.1. The monoisotopic (exact) mass is 488 g/mol. The van der Waals surface area contributed by atoms with Crippen molar-refractivity contribution in [1.29, 1.82) is 0 Å². The molecule has 9 atom stereocenters. The first-order valence-electron chi connectivity index (χ1n) is 13.1. The minimum Gasteiger partial charge on any atom is -0.481 e. The van der Waals surface area contributed by atoms with Crippen molar-refractivity contribution in [3.8, 4) is 0 Å². The molecule has 0 aromatic rings. The highest BCUT2D eigenvalue weighted by Crippen LogP contribution is 2.63. The average molecular weight is 489 g/mol.